The van der Waals surface area contributed by atoms with Gasteiger partial charge in [-0.05, 0) is 164 Å². The van der Waals surface area contributed by atoms with Crippen molar-refractivity contribution in [1.29, 1.82) is 10.8 Å². The number of aliphatic carboxylic acids is 1. The molecule has 700 valence electrons. The molecule has 3 rings (SSSR count). The Morgan fingerprint density at radius 2 is 0.698 bits per heavy atom. The Morgan fingerprint density at radius 3 is 1.05 bits per heavy atom. The number of aliphatic hydroxyl groups is 2. The summed E-state index contributed by atoms with van der Waals surface area (Å²) in [5.74, 6) is -18.7. The lowest BCUT2D eigenvalue weighted by Gasteiger charge is -2.33. The number of carbonyl (C=O) groups is 15. The molecule has 47 heteroatoms. The molecule has 17 atom stereocenters. The number of primary amides is 1. The summed E-state index contributed by atoms with van der Waals surface area (Å²) in [4.78, 5) is 211. The molecule has 126 heavy (non-hydrogen) atoms. The van der Waals surface area contributed by atoms with Gasteiger partial charge < -0.3 is 151 Å². The van der Waals surface area contributed by atoms with Gasteiger partial charge in [0.2, 0.25) is 82.7 Å². The lowest BCUT2D eigenvalue weighted by atomic mass is 9.98. The number of unbranched alkanes of at least 4 members (excludes halogenated alkanes) is 1. The Bertz CT molecular complexity index is 4150. The lowest BCUT2D eigenvalue weighted by Crippen LogP contribution is -2.64. The van der Waals surface area contributed by atoms with Crippen LogP contribution >= 0.6 is 25.3 Å². The molecular weight excluding hydrogens is 1690 g/mol. The summed E-state index contributed by atoms with van der Waals surface area (Å²) in [6.45, 7) is 7.92. The summed E-state index contributed by atoms with van der Waals surface area (Å²) >= 11 is 8.88. The number of carboxylic acid groups (broad SMARTS) is 1. The van der Waals surface area contributed by atoms with Crippen molar-refractivity contribution < 1.29 is 103 Å². The molecule has 0 heterocycles. The Hall–Kier alpha value is -11.9. The number of amides is 14. The second-order valence-corrected chi connectivity index (χ2v) is 32.3. The van der Waals surface area contributed by atoms with Crippen LogP contribution in [0.2, 0.25) is 0 Å². The molecule has 37 N–H and O–H groups in total. The van der Waals surface area contributed by atoms with E-state index in [9.17, 15) is 103 Å². The zero-order valence-electron chi connectivity index (χ0n) is 71.1. The van der Waals surface area contributed by atoms with E-state index in [1.54, 1.807) is 13.8 Å². The second kappa shape index (κ2) is 54.8. The molecule has 3 aromatic rings. The Labute approximate surface area is 739 Å². The van der Waals surface area contributed by atoms with E-state index in [-0.39, 0.29) is 120 Å². The maximum Gasteiger partial charge on any atom is 0.326 e. The van der Waals surface area contributed by atoms with Gasteiger partial charge in [0.25, 0.3) is 0 Å². The lowest BCUT2D eigenvalue weighted by molar-refractivity contribution is -0.142. The average molecular weight is 1810 g/mol. The van der Waals surface area contributed by atoms with Crippen LogP contribution in [0.4, 0.5) is 0 Å². The van der Waals surface area contributed by atoms with Crippen molar-refractivity contribution in [3.05, 3.63) is 89.5 Å². The van der Waals surface area contributed by atoms with Crippen LogP contribution in [0.5, 0.6) is 17.2 Å². The zero-order valence-corrected chi connectivity index (χ0v) is 72.9. The normalized spacial score (nSPS) is 15.3. The minimum absolute atomic E-state index is 0.0257. The van der Waals surface area contributed by atoms with Gasteiger partial charge in [0.05, 0.1) is 24.7 Å². The highest BCUT2D eigenvalue weighted by Crippen LogP contribution is 2.22. The number of aliphatic hydroxyl groups excluding tert-OH is 2. The van der Waals surface area contributed by atoms with E-state index in [2.05, 4.69) is 105 Å². The third kappa shape index (κ3) is 38.7. The standard InChI is InChI=1S/C79H126N24O21S2/c1-7-39(2)59(84)72(119)102-61(41(4)105)74(121)97-54(35-43-17-23-46(107)24-18-43)70(117)103-62(79(5,6)126)75(122)98-55(37-58(83)109)69(116)93-49(13-10-32-89-77(85)86)63(110)94-52(28-31-82)67(114)101-60(40(3)104)73(120)95-51(27-30-81)66(113)91-48(12-8-9-29-80)65(112)100-57(38-125)71(118)96-53(34-42-15-21-45(106)22-16-42)68(115)92-50(14-11-33-90-78(87)88)64(111)99-56(76(123)124)36-44-19-25-47(108)26-20-44/h15-26,39-41,48-57,59-62,104-108,125-126H,7-14,27-38,80-82,84H2,1-6H3,(H2,83,109)(H,91,113)(H,92,115)(H,93,116)(H,94,110)(H,95,120)(H,96,118)(H,97,121)(H,98,122)(H,99,111)(H,100,112)(H,101,114)(H,102,119)(H,103,117)(H,123,124)(H4,85,86,89)(H4,87,88,90)/t39-,40+,41+,48-,49-,50-,51+,52-,53-,54-,55-,56-,57-,59-,60-,61-,62+/m0/s1. The first kappa shape index (κ1) is 108. The molecule has 0 spiro atoms. The summed E-state index contributed by atoms with van der Waals surface area (Å²) in [5, 5.41) is 114. The van der Waals surface area contributed by atoms with Crippen molar-refractivity contribution in [3.8, 4) is 17.2 Å². The molecule has 0 aliphatic heterocycles. The van der Waals surface area contributed by atoms with Crippen LogP contribution < -0.4 is 120 Å². The number of carboxylic acids is 1. The number of guanidine groups is 2. The largest absolute Gasteiger partial charge is 0.508 e. The van der Waals surface area contributed by atoms with E-state index >= 15 is 0 Å². The number of phenolic OH excluding ortho intramolecular Hbond substituents is 3. The molecule has 14 amide bonds. The number of hydrogen-bond donors (Lipinski definition) is 32. The molecule has 0 fully saturated rings. The number of hydrogen-bond acceptors (Lipinski definition) is 28. The molecular formula is C79H126N24O21S2. The van der Waals surface area contributed by atoms with Gasteiger partial charge >= 0.3 is 5.97 Å². The summed E-state index contributed by atoms with van der Waals surface area (Å²) in [7, 11) is 0. The van der Waals surface area contributed by atoms with E-state index in [1.807, 2.05) is 0 Å². The first-order valence-corrected chi connectivity index (χ1v) is 41.9. The molecule has 0 saturated heterocycles. The van der Waals surface area contributed by atoms with Crippen LogP contribution in [0, 0.1) is 16.7 Å². The fourth-order valence-electron chi connectivity index (χ4n) is 12.4. The number of carbonyl (C=O) groups excluding carboxylic acids is 14. The Morgan fingerprint density at radius 1 is 0.397 bits per heavy atom. The van der Waals surface area contributed by atoms with Gasteiger partial charge in [-0.2, -0.15) is 25.3 Å². The number of rotatable bonds is 57. The second-order valence-electron chi connectivity index (χ2n) is 30.8. The first-order chi connectivity index (χ1) is 59.3. The third-order valence-corrected chi connectivity index (χ3v) is 20.4. The molecule has 3 aromatic carbocycles. The fraction of sp³-hybridized carbons (Fsp3) is 0.557. The van der Waals surface area contributed by atoms with Gasteiger partial charge in [0.1, 0.15) is 95.8 Å². The number of phenols is 3. The maximum absolute atomic E-state index is 14.6. The smallest absolute Gasteiger partial charge is 0.326 e. The van der Waals surface area contributed by atoms with E-state index in [1.165, 1.54) is 93.6 Å². The van der Waals surface area contributed by atoms with Gasteiger partial charge in [0.15, 0.2) is 11.9 Å². The predicted molar refractivity (Wildman–Crippen MR) is 468 cm³/mol. The molecule has 0 aliphatic carbocycles. The highest BCUT2D eigenvalue weighted by molar-refractivity contribution is 7.81. The summed E-state index contributed by atoms with van der Waals surface area (Å²) < 4.78 is -1.58. The maximum atomic E-state index is 14.6. The van der Waals surface area contributed by atoms with Crippen molar-refractivity contribution in [2.24, 2.45) is 46.1 Å². The minimum atomic E-state index is -1.96. The van der Waals surface area contributed by atoms with E-state index in [0.29, 0.717) is 29.5 Å². The average Bonchev–Trinajstić information content (AvgIpc) is 0.824. The van der Waals surface area contributed by atoms with Crippen LogP contribution in [0.15, 0.2) is 72.8 Å². The molecule has 0 radical (unpaired) electrons. The highest BCUT2D eigenvalue weighted by atomic mass is 32.1. The number of aromatic hydroxyl groups is 3. The number of benzene rings is 3. The van der Waals surface area contributed by atoms with E-state index in [0.717, 1.165) is 6.92 Å². The monoisotopic (exact) mass is 1810 g/mol. The highest BCUT2D eigenvalue weighted by Gasteiger charge is 2.42. The molecule has 0 saturated carbocycles. The number of nitrogens with two attached hydrogens (primary N) is 7. The zero-order chi connectivity index (χ0) is 94.8. The third-order valence-electron chi connectivity index (χ3n) is 19.8. The number of nitrogens with one attached hydrogen (secondary N) is 17. The molecule has 0 bridgehead atoms. The van der Waals surface area contributed by atoms with Gasteiger partial charge in [-0.25, -0.2) is 4.79 Å². The summed E-state index contributed by atoms with van der Waals surface area (Å²) in [6.07, 6.45) is -5.66. The Balaban J connectivity index is 1.94. The van der Waals surface area contributed by atoms with Crippen molar-refractivity contribution in [3.63, 3.8) is 0 Å². The first-order valence-electron chi connectivity index (χ1n) is 40.8. The van der Waals surface area contributed by atoms with Gasteiger partial charge in [-0.1, -0.05) is 56.7 Å². The van der Waals surface area contributed by atoms with Crippen molar-refractivity contribution in [1.82, 2.24) is 79.8 Å². The van der Waals surface area contributed by atoms with Gasteiger partial charge in [-0.15, -0.1) is 0 Å². The molecule has 45 nitrogen and oxygen atoms in total. The van der Waals surface area contributed by atoms with Crippen LogP contribution in [0.25, 0.3) is 0 Å². The van der Waals surface area contributed by atoms with E-state index in [4.69, 9.17) is 51.0 Å². The Kier molecular flexibility index (Phi) is 47.1. The van der Waals surface area contributed by atoms with Crippen molar-refractivity contribution in [2.45, 2.75) is 233 Å². The van der Waals surface area contributed by atoms with Crippen molar-refractivity contribution in [2.75, 3.05) is 38.5 Å². The summed E-state index contributed by atoms with van der Waals surface area (Å²) in [6, 6.07) is -6.52. The predicted octanol–water partition coefficient (Wildman–Crippen LogP) is -7.78. The summed E-state index contributed by atoms with van der Waals surface area (Å²) in [5.41, 5.74) is 41.5. The van der Waals surface area contributed by atoms with Crippen LogP contribution in [0.1, 0.15) is 129 Å². The molecule has 0 unspecified atom stereocenters. The fourth-order valence-corrected chi connectivity index (χ4v) is 12.8. The quantitative estimate of drug-likeness (QED) is 0.0108. The van der Waals surface area contributed by atoms with Gasteiger partial charge in [-0.3, -0.25) is 77.9 Å². The SMILES string of the molecule is CC[C@H](C)[C@H](N)C(=O)N[C@H](C(=O)N[C@@H](Cc1ccc(O)cc1)C(=O)N[C@H](C(=O)N[C@@H](CC(N)=O)C(=O)N[C@@H](CCCNC(=N)N)C(=O)N[C@@H](CCN)C(=O)N[C@H](C(=O)N[C@H](CCN)C(=O)N[C@@H](CCCCN)C(=O)N[C@@H](CS)C(=O)N[C@@H](Cc1ccc(O)cc1)C(=O)N[C@@H](CCCNC(=N)N)C(=O)N[C@@H](Cc1ccc(O)cc1)C(=O)O)[C@@H](C)O)C(C)(C)S)[C@@H](C)O. The van der Waals surface area contributed by atoms with E-state index < -0.39 is 221 Å². The van der Waals surface area contributed by atoms with Gasteiger partial charge in [0, 0.05) is 42.9 Å². The number of thiol groups is 2. The molecule has 0 aliphatic rings. The molecule has 0 aromatic heterocycles. The minimum Gasteiger partial charge on any atom is -0.508 e. The topological polar surface area (TPSA) is 788 Å². The van der Waals surface area contributed by atoms with Crippen LogP contribution in [0.3, 0.4) is 0 Å². The van der Waals surface area contributed by atoms with Crippen LogP contribution in [-0.4, -0.2) is 271 Å². The van der Waals surface area contributed by atoms with Crippen molar-refractivity contribution >= 4 is 126 Å². The van der Waals surface area contributed by atoms with Crippen LogP contribution in [-0.2, 0) is 91.2 Å².